The SMILES string of the molecule is COc1ncnc(NCC(CC(=O)O)OC)c1C. The number of aliphatic carboxylic acids is 1. The van der Waals surface area contributed by atoms with Crippen molar-refractivity contribution in [2.75, 3.05) is 26.1 Å². The average Bonchev–Trinajstić information content (AvgIpc) is 2.35. The highest BCUT2D eigenvalue weighted by molar-refractivity contribution is 5.67. The van der Waals surface area contributed by atoms with Crippen LogP contribution < -0.4 is 10.1 Å². The van der Waals surface area contributed by atoms with Gasteiger partial charge in [-0.1, -0.05) is 0 Å². The van der Waals surface area contributed by atoms with E-state index in [1.165, 1.54) is 20.5 Å². The van der Waals surface area contributed by atoms with Gasteiger partial charge < -0.3 is 19.9 Å². The Morgan fingerprint density at radius 1 is 1.50 bits per heavy atom. The maximum Gasteiger partial charge on any atom is 0.306 e. The summed E-state index contributed by atoms with van der Waals surface area (Å²) in [7, 11) is 3.00. The van der Waals surface area contributed by atoms with Gasteiger partial charge in [0.2, 0.25) is 5.88 Å². The molecule has 0 aliphatic carbocycles. The number of hydrogen-bond donors (Lipinski definition) is 2. The van der Waals surface area contributed by atoms with Crippen LogP contribution in [0.15, 0.2) is 6.33 Å². The van der Waals surface area contributed by atoms with Gasteiger partial charge in [-0.3, -0.25) is 4.79 Å². The Kier molecular flexibility index (Phi) is 5.31. The molecule has 7 nitrogen and oxygen atoms in total. The van der Waals surface area contributed by atoms with Crippen molar-refractivity contribution in [3.63, 3.8) is 0 Å². The molecule has 0 bridgehead atoms. The molecule has 2 N–H and O–H groups in total. The van der Waals surface area contributed by atoms with Crippen LogP contribution in [0.5, 0.6) is 5.88 Å². The van der Waals surface area contributed by atoms with Crippen molar-refractivity contribution in [1.29, 1.82) is 0 Å². The molecule has 0 saturated carbocycles. The van der Waals surface area contributed by atoms with Gasteiger partial charge in [0.25, 0.3) is 0 Å². The summed E-state index contributed by atoms with van der Waals surface area (Å²) in [5.74, 6) is 0.189. The fraction of sp³-hybridized carbons (Fsp3) is 0.545. The Hall–Kier alpha value is -1.89. The van der Waals surface area contributed by atoms with Crippen molar-refractivity contribution < 1.29 is 19.4 Å². The van der Waals surface area contributed by atoms with E-state index in [1.54, 1.807) is 0 Å². The smallest absolute Gasteiger partial charge is 0.306 e. The Bertz CT molecular complexity index is 411. The van der Waals surface area contributed by atoms with Crippen LogP contribution in [0.1, 0.15) is 12.0 Å². The lowest BCUT2D eigenvalue weighted by atomic mass is 10.2. The number of nitrogens with zero attached hydrogens (tertiary/aromatic N) is 2. The molecule has 0 aliphatic rings. The van der Waals surface area contributed by atoms with E-state index >= 15 is 0 Å². The highest BCUT2D eigenvalue weighted by Crippen LogP contribution is 2.19. The van der Waals surface area contributed by atoms with Gasteiger partial charge in [-0.2, -0.15) is 0 Å². The number of carboxylic acid groups (broad SMARTS) is 1. The molecule has 0 aliphatic heterocycles. The Labute approximate surface area is 105 Å². The van der Waals surface area contributed by atoms with Gasteiger partial charge in [0.05, 0.1) is 25.2 Å². The van der Waals surface area contributed by atoms with Crippen LogP contribution >= 0.6 is 0 Å². The summed E-state index contributed by atoms with van der Waals surface area (Å²) in [5.41, 5.74) is 0.769. The third-order valence-electron chi connectivity index (χ3n) is 2.46. The van der Waals surface area contributed by atoms with Crippen molar-refractivity contribution in [3.05, 3.63) is 11.9 Å². The first-order valence-corrected chi connectivity index (χ1v) is 5.42. The van der Waals surface area contributed by atoms with Crippen LogP contribution in [-0.2, 0) is 9.53 Å². The topological polar surface area (TPSA) is 93.6 Å². The first-order valence-electron chi connectivity index (χ1n) is 5.42. The van der Waals surface area contributed by atoms with Crippen LogP contribution in [-0.4, -0.2) is 47.9 Å². The van der Waals surface area contributed by atoms with E-state index in [0.717, 1.165) is 5.56 Å². The van der Waals surface area contributed by atoms with Crippen LogP contribution in [0.3, 0.4) is 0 Å². The van der Waals surface area contributed by atoms with Crippen molar-refractivity contribution >= 4 is 11.8 Å². The summed E-state index contributed by atoms with van der Waals surface area (Å²) >= 11 is 0. The summed E-state index contributed by atoms with van der Waals surface area (Å²) in [6.45, 7) is 2.17. The van der Waals surface area contributed by atoms with Crippen molar-refractivity contribution in [2.45, 2.75) is 19.4 Å². The predicted octanol–water partition coefficient (Wildman–Crippen LogP) is 0.695. The van der Waals surface area contributed by atoms with Gasteiger partial charge in [-0.15, -0.1) is 0 Å². The molecule has 100 valence electrons. The highest BCUT2D eigenvalue weighted by Gasteiger charge is 2.13. The fourth-order valence-electron chi connectivity index (χ4n) is 1.46. The third-order valence-corrected chi connectivity index (χ3v) is 2.46. The number of anilines is 1. The number of nitrogens with one attached hydrogen (secondary N) is 1. The zero-order valence-electron chi connectivity index (χ0n) is 10.6. The van der Waals surface area contributed by atoms with Crippen LogP contribution in [0.4, 0.5) is 5.82 Å². The van der Waals surface area contributed by atoms with Crippen LogP contribution in [0, 0.1) is 6.92 Å². The van der Waals surface area contributed by atoms with E-state index in [4.69, 9.17) is 14.6 Å². The molecule has 1 aromatic heterocycles. The summed E-state index contributed by atoms with van der Waals surface area (Å²) in [5, 5.41) is 11.7. The van der Waals surface area contributed by atoms with E-state index < -0.39 is 12.1 Å². The zero-order valence-corrected chi connectivity index (χ0v) is 10.6. The van der Waals surface area contributed by atoms with Crippen molar-refractivity contribution in [2.24, 2.45) is 0 Å². The van der Waals surface area contributed by atoms with Gasteiger partial charge in [-0.25, -0.2) is 9.97 Å². The number of ether oxygens (including phenoxy) is 2. The van der Waals surface area contributed by atoms with E-state index in [9.17, 15) is 4.79 Å². The molecule has 0 amide bonds. The molecule has 18 heavy (non-hydrogen) atoms. The Morgan fingerprint density at radius 3 is 2.78 bits per heavy atom. The summed E-state index contributed by atoms with van der Waals surface area (Å²) in [6, 6.07) is 0. The molecule has 1 unspecified atom stereocenters. The first-order chi connectivity index (χ1) is 8.58. The van der Waals surface area contributed by atoms with E-state index in [2.05, 4.69) is 15.3 Å². The normalized spacial score (nSPS) is 11.9. The molecule has 1 atom stereocenters. The van der Waals surface area contributed by atoms with E-state index in [0.29, 0.717) is 18.2 Å². The average molecular weight is 255 g/mol. The maximum absolute atomic E-state index is 10.6. The first kappa shape index (κ1) is 14.2. The Balaban J connectivity index is 2.64. The molecule has 0 radical (unpaired) electrons. The second kappa shape index (κ2) is 6.75. The molecule has 0 saturated heterocycles. The lowest BCUT2D eigenvalue weighted by Crippen LogP contribution is -2.25. The molecule has 0 aromatic carbocycles. The van der Waals surface area contributed by atoms with Gasteiger partial charge in [0, 0.05) is 13.7 Å². The minimum Gasteiger partial charge on any atom is -0.481 e. The highest BCUT2D eigenvalue weighted by atomic mass is 16.5. The Morgan fingerprint density at radius 2 is 2.22 bits per heavy atom. The lowest BCUT2D eigenvalue weighted by Gasteiger charge is -2.15. The molecule has 1 rings (SSSR count). The number of carbonyl (C=O) groups is 1. The monoisotopic (exact) mass is 255 g/mol. The molecular formula is C11H17N3O4. The maximum atomic E-state index is 10.6. The molecule has 7 heteroatoms. The largest absolute Gasteiger partial charge is 0.481 e. The summed E-state index contributed by atoms with van der Waals surface area (Å²) in [6.07, 6.45) is 0.903. The lowest BCUT2D eigenvalue weighted by molar-refractivity contribution is -0.139. The van der Waals surface area contributed by atoms with Gasteiger partial charge in [0.15, 0.2) is 0 Å². The van der Waals surface area contributed by atoms with Gasteiger partial charge >= 0.3 is 5.97 Å². The number of hydrogen-bond acceptors (Lipinski definition) is 6. The standard InChI is InChI=1S/C11H17N3O4/c1-7-10(13-6-14-11(7)18-3)12-5-8(17-2)4-9(15)16/h6,8H,4-5H2,1-3H3,(H,15,16)(H,12,13,14). The van der Waals surface area contributed by atoms with Crippen LogP contribution in [0.2, 0.25) is 0 Å². The minimum absolute atomic E-state index is 0.0647. The van der Waals surface area contributed by atoms with Gasteiger partial charge in [-0.05, 0) is 6.92 Å². The van der Waals surface area contributed by atoms with Gasteiger partial charge in [0.1, 0.15) is 12.1 Å². The minimum atomic E-state index is -0.902. The quantitative estimate of drug-likeness (QED) is 0.740. The number of rotatable bonds is 7. The molecule has 0 fully saturated rings. The van der Waals surface area contributed by atoms with Crippen molar-refractivity contribution in [3.8, 4) is 5.88 Å². The predicted molar refractivity (Wildman–Crippen MR) is 64.9 cm³/mol. The second-order valence-corrected chi connectivity index (χ2v) is 3.69. The number of methoxy groups -OCH3 is 2. The molecule has 1 heterocycles. The van der Waals surface area contributed by atoms with Crippen LogP contribution in [0.25, 0.3) is 0 Å². The van der Waals surface area contributed by atoms with E-state index in [1.807, 2.05) is 6.92 Å². The molecular weight excluding hydrogens is 238 g/mol. The summed E-state index contributed by atoms with van der Waals surface area (Å²) < 4.78 is 10.1. The number of aromatic nitrogens is 2. The summed E-state index contributed by atoms with van der Waals surface area (Å²) in [4.78, 5) is 18.6. The second-order valence-electron chi connectivity index (χ2n) is 3.69. The zero-order chi connectivity index (χ0) is 13.5. The number of carboxylic acids is 1. The van der Waals surface area contributed by atoms with E-state index in [-0.39, 0.29) is 6.42 Å². The third kappa shape index (κ3) is 3.85. The molecule has 1 aromatic rings. The van der Waals surface area contributed by atoms with Crippen molar-refractivity contribution in [1.82, 2.24) is 9.97 Å². The fourth-order valence-corrected chi connectivity index (χ4v) is 1.46. The molecule has 0 spiro atoms.